The summed E-state index contributed by atoms with van der Waals surface area (Å²) >= 11 is 0. The highest BCUT2D eigenvalue weighted by Gasteiger charge is 2.50. The van der Waals surface area contributed by atoms with Gasteiger partial charge in [-0.25, -0.2) is 0 Å². The Morgan fingerprint density at radius 2 is 2.14 bits per heavy atom. The lowest BCUT2D eigenvalue weighted by Crippen LogP contribution is -2.57. The summed E-state index contributed by atoms with van der Waals surface area (Å²) in [5, 5.41) is 16.5. The van der Waals surface area contributed by atoms with E-state index in [0.29, 0.717) is 5.92 Å². The maximum atomic E-state index is 9.46. The summed E-state index contributed by atoms with van der Waals surface area (Å²) in [6.45, 7) is 4.71. The molecule has 0 amide bonds. The molecule has 3 rings (SSSR count). The number of ether oxygens (including phenoxy) is 1. The molecule has 120 valence electrons. The second-order valence-electron chi connectivity index (χ2n) is 6.36. The Kier molecular flexibility index (Phi) is 4.79. The van der Waals surface area contributed by atoms with Gasteiger partial charge >= 0.3 is 0 Å². The van der Waals surface area contributed by atoms with E-state index >= 15 is 0 Å². The van der Waals surface area contributed by atoms with Crippen LogP contribution in [0.2, 0.25) is 0 Å². The second-order valence-corrected chi connectivity index (χ2v) is 6.36. The van der Waals surface area contributed by atoms with E-state index in [1.807, 2.05) is 0 Å². The van der Waals surface area contributed by atoms with E-state index in [9.17, 15) is 5.21 Å². The largest absolute Gasteiger partial charge is 0.411 e. The van der Waals surface area contributed by atoms with Gasteiger partial charge in [-0.3, -0.25) is 0 Å². The van der Waals surface area contributed by atoms with Crippen molar-refractivity contribution in [3.8, 4) is 0 Å². The number of piperidine rings is 1. The van der Waals surface area contributed by atoms with Gasteiger partial charge in [-0.2, -0.15) is 0 Å². The van der Waals surface area contributed by atoms with Gasteiger partial charge in [0.2, 0.25) is 0 Å². The van der Waals surface area contributed by atoms with Crippen molar-refractivity contribution >= 4 is 5.71 Å². The summed E-state index contributed by atoms with van der Waals surface area (Å²) < 4.78 is 6.42. The van der Waals surface area contributed by atoms with E-state index in [1.54, 1.807) is 0 Å². The summed E-state index contributed by atoms with van der Waals surface area (Å²) in [7, 11) is 0. The van der Waals surface area contributed by atoms with Crippen molar-refractivity contribution < 1.29 is 9.94 Å². The average Bonchev–Trinajstić information content (AvgIpc) is 2.62. The van der Waals surface area contributed by atoms with Crippen LogP contribution in [0.1, 0.15) is 44.1 Å². The molecular formula is C18H26N2O2. The molecule has 1 aromatic carbocycles. The fourth-order valence-electron chi connectivity index (χ4n) is 4.30. The zero-order valence-corrected chi connectivity index (χ0v) is 13.3. The molecule has 3 atom stereocenters. The number of hydrogen-bond donors (Lipinski definition) is 2. The van der Waals surface area contributed by atoms with Gasteiger partial charge in [-0.05, 0) is 24.8 Å². The van der Waals surface area contributed by atoms with Crippen LogP contribution < -0.4 is 5.32 Å². The minimum absolute atomic E-state index is 0.141. The van der Waals surface area contributed by atoms with E-state index in [1.165, 1.54) is 5.56 Å². The third-order valence-electron chi connectivity index (χ3n) is 5.38. The lowest BCUT2D eigenvalue weighted by Gasteiger charge is -2.50. The lowest BCUT2D eigenvalue weighted by molar-refractivity contribution is -0.119. The van der Waals surface area contributed by atoms with E-state index < -0.39 is 0 Å². The van der Waals surface area contributed by atoms with E-state index in [-0.39, 0.29) is 11.5 Å². The molecule has 0 spiro atoms. The van der Waals surface area contributed by atoms with Gasteiger partial charge in [-0.15, -0.1) is 0 Å². The molecular weight excluding hydrogens is 276 g/mol. The molecule has 2 heterocycles. The lowest BCUT2D eigenvalue weighted by atomic mass is 9.66. The van der Waals surface area contributed by atoms with Gasteiger partial charge in [0.15, 0.2) is 0 Å². The first-order valence-corrected chi connectivity index (χ1v) is 8.42. The first kappa shape index (κ1) is 15.5. The molecule has 2 fully saturated rings. The van der Waals surface area contributed by atoms with Crippen molar-refractivity contribution in [2.24, 2.45) is 11.1 Å². The van der Waals surface area contributed by atoms with Gasteiger partial charge in [0, 0.05) is 38.0 Å². The first-order valence-electron chi connectivity index (χ1n) is 8.42. The van der Waals surface area contributed by atoms with E-state index in [4.69, 9.17) is 4.74 Å². The molecule has 1 aromatic rings. The zero-order valence-electron chi connectivity index (χ0n) is 13.3. The normalized spacial score (nSPS) is 34.7. The minimum atomic E-state index is -0.269. The number of nitrogens with zero attached hydrogens (tertiary/aromatic N) is 1. The van der Waals surface area contributed by atoms with Crippen LogP contribution in [-0.4, -0.2) is 36.2 Å². The second kappa shape index (κ2) is 6.80. The first-order chi connectivity index (χ1) is 10.8. The molecule has 4 heteroatoms. The molecule has 0 aliphatic carbocycles. The van der Waals surface area contributed by atoms with Crippen LogP contribution in [0.4, 0.5) is 0 Å². The summed E-state index contributed by atoms with van der Waals surface area (Å²) in [5.41, 5.74) is 1.96. The highest BCUT2D eigenvalue weighted by molar-refractivity contribution is 5.88. The molecule has 3 unspecified atom stereocenters. The molecule has 0 saturated carbocycles. The van der Waals surface area contributed by atoms with Gasteiger partial charge in [0.25, 0.3) is 0 Å². The molecule has 0 radical (unpaired) electrons. The van der Waals surface area contributed by atoms with Crippen molar-refractivity contribution in [3.63, 3.8) is 0 Å². The summed E-state index contributed by atoms with van der Waals surface area (Å²) in [6, 6.07) is 10.7. The SMILES string of the molecule is CCC1(C2CNCCC2=NO)OCCCC1c1ccccc1. The smallest absolute Gasteiger partial charge is 0.0841 e. The van der Waals surface area contributed by atoms with Crippen LogP contribution in [0.5, 0.6) is 0 Å². The maximum absolute atomic E-state index is 9.46. The Labute approximate surface area is 132 Å². The monoisotopic (exact) mass is 302 g/mol. The number of nitrogens with one attached hydrogen (secondary N) is 1. The van der Waals surface area contributed by atoms with Crippen LogP contribution in [0.3, 0.4) is 0 Å². The van der Waals surface area contributed by atoms with Crippen molar-refractivity contribution in [3.05, 3.63) is 35.9 Å². The van der Waals surface area contributed by atoms with Crippen molar-refractivity contribution in [2.75, 3.05) is 19.7 Å². The molecule has 0 bridgehead atoms. The average molecular weight is 302 g/mol. The van der Waals surface area contributed by atoms with Crippen LogP contribution in [0.25, 0.3) is 0 Å². The van der Waals surface area contributed by atoms with Crippen molar-refractivity contribution in [1.29, 1.82) is 0 Å². The Hall–Kier alpha value is -1.39. The molecule has 2 saturated heterocycles. The molecule has 0 aromatic heterocycles. The topological polar surface area (TPSA) is 53.9 Å². The third kappa shape index (κ3) is 2.66. The predicted octanol–water partition coefficient (Wildman–Crippen LogP) is 3.17. The highest BCUT2D eigenvalue weighted by Crippen LogP contribution is 2.47. The fraction of sp³-hybridized carbons (Fsp3) is 0.611. The van der Waals surface area contributed by atoms with Crippen LogP contribution in [-0.2, 0) is 4.74 Å². The van der Waals surface area contributed by atoms with Crippen molar-refractivity contribution in [2.45, 2.75) is 44.1 Å². The Balaban J connectivity index is 2.00. The van der Waals surface area contributed by atoms with Gasteiger partial charge in [0.05, 0.1) is 11.3 Å². The number of hydrogen-bond acceptors (Lipinski definition) is 4. The number of benzene rings is 1. The van der Waals surface area contributed by atoms with E-state index in [2.05, 4.69) is 47.7 Å². The Morgan fingerprint density at radius 3 is 2.86 bits per heavy atom. The quantitative estimate of drug-likeness (QED) is 0.666. The van der Waals surface area contributed by atoms with E-state index in [0.717, 1.165) is 51.1 Å². The standard InChI is InChI=1S/C18H26N2O2/c1-2-18(16-13-19-11-10-17(16)20-21)15(9-6-12-22-18)14-7-4-3-5-8-14/h3-5,7-8,15-16,19,21H,2,6,9-13H2,1H3. The molecule has 22 heavy (non-hydrogen) atoms. The van der Waals surface area contributed by atoms with Crippen LogP contribution in [0.15, 0.2) is 35.5 Å². The fourth-order valence-corrected chi connectivity index (χ4v) is 4.30. The molecule has 4 nitrogen and oxygen atoms in total. The van der Waals surface area contributed by atoms with Crippen molar-refractivity contribution in [1.82, 2.24) is 5.32 Å². The van der Waals surface area contributed by atoms with Crippen LogP contribution >= 0.6 is 0 Å². The van der Waals surface area contributed by atoms with Gasteiger partial charge in [-0.1, -0.05) is 42.4 Å². The Morgan fingerprint density at radius 1 is 1.32 bits per heavy atom. The Bertz CT molecular complexity index is 517. The zero-order chi connectivity index (χ0) is 15.4. The third-order valence-corrected chi connectivity index (χ3v) is 5.38. The highest BCUT2D eigenvalue weighted by atomic mass is 16.5. The molecule has 2 aliphatic rings. The molecule has 2 aliphatic heterocycles. The number of rotatable bonds is 3. The summed E-state index contributed by atoms with van der Waals surface area (Å²) in [5.74, 6) is 0.496. The van der Waals surface area contributed by atoms with Gasteiger partial charge < -0.3 is 15.3 Å². The van der Waals surface area contributed by atoms with Gasteiger partial charge in [0.1, 0.15) is 0 Å². The molecule has 2 N–H and O–H groups in total. The maximum Gasteiger partial charge on any atom is 0.0841 e. The number of oxime groups is 1. The summed E-state index contributed by atoms with van der Waals surface area (Å²) in [4.78, 5) is 0. The minimum Gasteiger partial charge on any atom is -0.411 e. The van der Waals surface area contributed by atoms with Crippen LogP contribution in [0, 0.1) is 5.92 Å². The predicted molar refractivity (Wildman–Crippen MR) is 87.6 cm³/mol. The summed E-state index contributed by atoms with van der Waals surface area (Å²) in [6.07, 6.45) is 3.95.